The molecule has 0 aliphatic carbocycles. The monoisotopic (exact) mass is 250 g/mol. The van der Waals surface area contributed by atoms with E-state index >= 15 is 0 Å². The van der Waals surface area contributed by atoms with Crippen molar-refractivity contribution in [3.05, 3.63) is 35.2 Å². The summed E-state index contributed by atoms with van der Waals surface area (Å²) < 4.78 is 4.67. The topological polar surface area (TPSA) is 85.4 Å². The first-order chi connectivity index (χ1) is 8.20. The average molecular weight is 250 g/mol. The van der Waals surface area contributed by atoms with Crippen LogP contribution in [-0.4, -0.2) is 16.2 Å². The lowest BCUT2D eigenvalue weighted by Crippen LogP contribution is -2.15. The molecule has 0 saturated carbocycles. The van der Waals surface area contributed by atoms with Gasteiger partial charge >= 0.3 is 6.09 Å². The van der Waals surface area contributed by atoms with Crippen molar-refractivity contribution < 1.29 is 14.6 Å². The summed E-state index contributed by atoms with van der Waals surface area (Å²) in [5.41, 5.74) is 7.12. The van der Waals surface area contributed by atoms with E-state index in [0.717, 1.165) is 11.1 Å². The van der Waals surface area contributed by atoms with Crippen molar-refractivity contribution >= 4 is 17.4 Å². The Balaban J connectivity index is 2.33. The van der Waals surface area contributed by atoms with Crippen molar-refractivity contribution in [3.8, 4) is 16.5 Å². The Morgan fingerprint density at radius 3 is 2.94 bits per heavy atom. The number of benzene rings is 1. The zero-order valence-corrected chi connectivity index (χ0v) is 9.61. The van der Waals surface area contributed by atoms with Crippen LogP contribution >= 0.6 is 11.3 Å². The van der Waals surface area contributed by atoms with Crippen molar-refractivity contribution in [1.82, 2.24) is 4.98 Å². The molecule has 2 aromatic rings. The summed E-state index contributed by atoms with van der Waals surface area (Å²) in [5.74, 6) is 0. The molecule has 3 N–H and O–H groups in total. The van der Waals surface area contributed by atoms with Gasteiger partial charge in [0.1, 0.15) is 0 Å². The standard InChI is InChI=1S/C11H10N2O3S/c12-10(15)16-11-13-9(6-17-11)8-4-2-1-3-7(8)5-14/h1-4,6,14H,5H2,(H2,12,15). The summed E-state index contributed by atoms with van der Waals surface area (Å²) in [5, 5.41) is 11.1. The number of nitrogens with zero attached hydrogens (tertiary/aromatic N) is 1. The number of nitrogens with two attached hydrogens (primary N) is 1. The van der Waals surface area contributed by atoms with Gasteiger partial charge in [-0.3, -0.25) is 0 Å². The largest absolute Gasteiger partial charge is 0.411 e. The molecule has 0 aliphatic heterocycles. The molecule has 1 amide bonds. The number of aliphatic hydroxyl groups excluding tert-OH is 1. The highest BCUT2D eigenvalue weighted by molar-refractivity contribution is 7.11. The van der Waals surface area contributed by atoms with Gasteiger partial charge in [0.05, 0.1) is 12.3 Å². The van der Waals surface area contributed by atoms with Crippen LogP contribution in [0.2, 0.25) is 0 Å². The second-order valence-corrected chi connectivity index (χ2v) is 4.06. The zero-order chi connectivity index (χ0) is 12.3. The predicted octanol–water partition coefficient (Wildman–Crippen LogP) is 1.76. The minimum Gasteiger partial charge on any atom is -0.392 e. The molecule has 88 valence electrons. The van der Waals surface area contributed by atoms with E-state index in [0.29, 0.717) is 5.69 Å². The second-order valence-electron chi connectivity index (χ2n) is 3.24. The second kappa shape index (κ2) is 4.94. The third kappa shape index (κ3) is 2.61. The maximum absolute atomic E-state index is 10.6. The molecule has 0 fully saturated rings. The number of rotatable bonds is 3. The van der Waals surface area contributed by atoms with Crippen molar-refractivity contribution in [3.63, 3.8) is 0 Å². The summed E-state index contributed by atoms with van der Waals surface area (Å²) in [4.78, 5) is 14.7. The quantitative estimate of drug-likeness (QED) is 0.869. The lowest BCUT2D eigenvalue weighted by Gasteiger charge is -2.03. The molecule has 0 saturated heterocycles. The van der Waals surface area contributed by atoms with Crippen LogP contribution in [-0.2, 0) is 6.61 Å². The Labute approximate surface area is 101 Å². The third-order valence-corrected chi connectivity index (χ3v) is 2.85. The number of carbonyl (C=O) groups excluding carboxylic acids is 1. The molecular weight excluding hydrogens is 240 g/mol. The Kier molecular flexibility index (Phi) is 3.36. The van der Waals surface area contributed by atoms with Crippen LogP contribution in [0.3, 0.4) is 0 Å². The molecule has 1 aromatic carbocycles. The highest BCUT2D eigenvalue weighted by Crippen LogP contribution is 2.28. The van der Waals surface area contributed by atoms with Gasteiger partial charge in [-0.25, -0.2) is 9.78 Å². The summed E-state index contributed by atoms with van der Waals surface area (Å²) in [6, 6.07) is 7.34. The van der Waals surface area contributed by atoms with Gasteiger partial charge in [-0.2, -0.15) is 0 Å². The van der Waals surface area contributed by atoms with E-state index in [4.69, 9.17) is 5.73 Å². The summed E-state index contributed by atoms with van der Waals surface area (Å²) >= 11 is 1.18. The van der Waals surface area contributed by atoms with Crippen LogP contribution < -0.4 is 10.5 Å². The molecule has 0 radical (unpaired) electrons. The lowest BCUT2D eigenvalue weighted by molar-refractivity contribution is 0.210. The normalized spacial score (nSPS) is 10.2. The number of primary amides is 1. The van der Waals surface area contributed by atoms with Gasteiger partial charge in [-0.05, 0) is 5.56 Å². The Morgan fingerprint density at radius 2 is 2.24 bits per heavy atom. The van der Waals surface area contributed by atoms with Crippen molar-refractivity contribution in [2.24, 2.45) is 5.73 Å². The van der Waals surface area contributed by atoms with Crippen LogP contribution in [0.5, 0.6) is 5.19 Å². The van der Waals surface area contributed by atoms with Gasteiger partial charge in [0.15, 0.2) is 0 Å². The number of amides is 1. The van der Waals surface area contributed by atoms with Gasteiger partial charge in [0, 0.05) is 10.9 Å². The minimum atomic E-state index is -0.888. The molecule has 1 heterocycles. The lowest BCUT2D eigenvalue weighted by atomic mass is 10.1. The fourth-order valence-corrected chi connectivity index (χ4v) is 2.10. The van der Waals surface area contributed by atoms with E-state index < -0.39 is 6.09 Å². The molecule has 0 unspecified atom stereocenters. The maximum atomic E-state index is 10.6. The SMILES string of the molecule is NC(=O)Oc1nc(-c2ccccc2CO)cs1. The fraction of sp³-hybridized carbons (Fsp3) is 0.0909. The Bertz CT molecular complexity index is 539. The molecule has 6 heteroatoms. The van der Waals surface area contributed by atoms with E-state index in [-0.39, 0.29) is 11.8 Å². The van der Waals surface area contributed by atoms with Crippen molar-refractivity contribution in [2.75, 3.05) is 0 Å². The van der Waals surface area contributed by atoms with Crippen molar-refractivity contribution in [2.45, 2.75) is 6.61 Å². The number of carbonyl (C=O) groups is 1. The van der Waals surface area contributed by atoms with Gasteiger partial charge in [-0.15, -0.1) is 0 Å². The highest BCUT2D eigenvalue weighted by Gasteiger charge is 2.10. The summed E-state index contributed by atoms with van der Waals surface area (Å²) in [7, 11) is 0. The summed E-state index contributed by atoms with van der Waals surface area (Å²) in [6.07, 6.45) is -0.888. The fourth-order valence-electron chi connectivity index (χ4n) is 1.42. The van der Waals surface area contributed by atoms with E-state index in [2.05, 4.69) is 9.72 Å². The Hall–Kier alpha value is -1.92. The van der Waals surface area contributed by atoms with Gasteiger partial charge in [0.2, 0.25) is 0 Å². The van der Waals surface area contributed by atoms with Crippen LogP contribution in [0.25, 0.3) is 11.3 Å². The van der Waals surface area contributed by atoms with Crippen LogP contribution in [0.1, 0.15) is 5.56 Å². The number of hydrogen-bond donors (Lipinski definition) is 2. The number of aromatic nitrogens is 1. The number of thiazole rings is 1. The van der Waals surface area contributed by atoms with Gasteiger partial charge in [0.25, 0.3) is 5.19 Å². The molecule has 17 heavy (non-hydrogen) atoms. The average Bonchev–Trinajstić information content (AvgIpc) is 2.76. The predicted molar refractivity (Wildman–Crippen MR) is 63.7 cm³/mol. The van der Waals surface area contributed by atoms with Gasteiger partial charge in [-0.1, -0.05) is 35.6 Å². The molecule has 0 spiro atoms. The van der Waals surface area contributed by atoms with Crippen LogP contribution in [0.4, 0.5) is 4.79 Å². The molecular formula is C11H10N2O3S. The smallest absolute Gasteiger partial charge is 0.392 e. The molecule has 2 rings (SSSR count). The zero-order valence-electron chi connectivity index (χ0n) is 8.79. The van der Waals surface area contributed by atoms with Crippen molar-refractivity contribution in [1.29, 1.82) is 0 Å². The maximum Gasteiger partial charge on any atom is 0.411 e. The molecule has 0 aliphatic rings. The van der Waals surface area contributed by atoms with Crippen LogP contribution in [0, 0.1) is 0 Å². The molecule has 5 nitrogen and oxygen atoms in total. The van der Waals surface area contributed by atoms with E-state index in [1.165, 1.54) is 11.3 Å². The van der Waals surface area contributed by atoms with E-state index in [1.807, 2.05) is 24.3 Å². The first kappa shape index (κ1) is 11.6. The summed E-state index contributed by atoms with van der Waals surface area (Å²) in [6.45, 7) is -0.0697. The minimum absolute atomic E-state index is 0.0697. The van der Waals surface area contributed by atoms with E-state index in [9.17, 15) is 9.90 Å². The number of ether oxygens (including phenoxy) is 1. The number of aliphatic hydroxyl groups is 1. The Morgan fingerprint density at radius 1 is 1.47 bits per heavy atom. The number of hydrogen-bond acceptors (Lipinski definition) is 5. The van der Waals surface area contributed by atoms with Crippen LogP contribution in [0.15, 0.2) is 29.6 Å². The molecule has 0 bridgehead atoms. The molecule has 1 aromatic heterocycles. The van der Waals surface area contributed by atoms with E-state index in [1.54, 1.807) is 5.38 Å². The van der Waals surface area contributed by atoms with Gasteiger partial charge < -0.3 is 15.6 Å². The first-order valence-corrected chi connectivity index (χ1v) is 5.70. The third-order valence-electron chi connectivity index (χ3n) is 2.13. The highest BCUT2D eigenvalue weighted by atomic mass is 32.1. The molecule has 0 atom stereocenters. The first-order valence-electron chi connectivity index (χ1n) is 4.82.